The number of halogens is 1. The van der Waals surface area contributed by atoms with Crippen molar-refractivity contribution >= 4 is 23.2 Å². The molecule has 1 amide bonds. The number of amides is 1. The van der Waals surface area contributed by atoms with Gasteiger partial charge in [0.15, 0.2) is 0 Å². The van der Waals surface area contributed by atoms with E-state index in [1.54, 1.807) is 7.11 Å². The van der Waals surface area contributed by atoms with E-state index in [0.717, 1.165) is 6.54 Å². The quantitative estimate of drug-likeness (QED) is 0.611. The van der Waals surface area contributed by atoms with Crippen LogP contribution in [-0.2, 0) is 4.74 Å². The molecule has 0 saturated carbocycles. The molecule has 1 saturated heterocycles. The third-order valence-electron chi connectivity index (χ3n) is 4.12. The summed E-state index contributed by atoms with van der Waals surface area (Å²) in [6.07, 6.45) is 0.503. The number of carbonyl (C=O) groups is 1. The lowest BCUT2D eigenvalue weighted by molar-refractivity contribution is 0.0103. The summed E-state index contributed by atoms with van der Waals surface area (Å²) in [5.74, 6) is 0.0693. The molecule has 3 N–H and O–H groups in total. The van der Waals surface area contributed by atoms with Gasteiger partial charge in [-0.05, 0) is 12.5 Å². The summed E-state index contributed by atoms with van der Waals surface area (Å²) >= 11 is 6.02. The van der Waals surface area contributed by atoms with Gasteiger partial charge < -0.3 is 20.5 Å². The Morgan fingerprint density at radius 2 is 2.29 bits per heavy atom. The summed E-state index contributed by atoms with van der Waals surface area (Å²) in [6.45, 7) is 1.66. The molecule has 24 heavy (non-hydrogen) atoms. The number of nitrogens with two attached hydrogens (primary N) is 1. The van der Waals surface area contributed by atoms with Gasteiger partial charge in [0.2, 0.25) is 0 Å². The van der Waals surface area contributed by atoms with Gasteiger partial charge in [0, 0.05) is 26.3 Å². The molecule has 8 heteroatoms. The Morgan fingerprint density at radius 3 is 2.92 bits per heavy atom. The van der Waals surface area contributed by atoms with Crippen LogP contribution in [0.1, 0.15) is 16.8 Å². The van der Waals surface area contributed by atoms with Gasteiger partial charge in [-0.1, -0.05) is 11.6 Å². The molecule has 0 bridgehead atoms. The Bertz CT molecular complexity index is 647. The number of rotatable bonds is 5. The number of piperidine rings is 1. The van der Waals surface area contributed by atoms with Gasteiger partial charge in [0.05, 0.1) is 48.1 Å². The van der Waals surface area contributed by atoms with E-state index in [2.05, 4.69) is 11.4 Å². The van der Waals surface area contributed by atoms with Crippen LogP contribution in [0.25, 0.3) is 0 Å². The molecule has 2 rings (SSSR count). The number of hydrogen-bond acceptors (Lipinski definition) is 6. The zero-order chi connectivity index (χ0) is 17.7. The highest BCUT2D eigenvalue weighted by Crippen LogP contribution is 2.29. The average Bonchev–Trinajstić information content (AvgIpc) is 2.58. The molecule has 1 fully saturated rings. The number of nitriles is 1. The molecular formula is C16H21ClN4O3. The first-order valence-electron chi connectivity index (χ1n) is 7.56. The first kappa shape index (κ1) is 18.3. The van der Waals surface area contributed by atoms with Crippen LogP contribution >= 0.6 is 11.6 Å². The van der Waals surface area contributed by atoms with Crippen LogP contribution < -0.4 is 15.8 Å². The lowest BCUT2D eigenvalue weighted by Crippen LogP contribution is -2.54. The number of likely N-dealkylation sites (tertiary alicyclic amines) is 1. The van der Waals surface area contributed by atoms with Crippen molar-refractivity contribution in [3.05, 3.63) is 22.7 Å². The number of nitrogens with zero attached hydrogens (tertiary/aromatic N) is 2. The number of hydrogen-bond donors (Lipinski definition) is 2. The molecule has 7 nitrogen and oxygen atoms in total. The fraction of sp³-hybridized carbons (Fsp3) is 0.500. The Balaban J connectivity index is 2.12. The highest BCUT2D eigenvalue weighted by Gasteiger charge is 2.31. The normalized spacial score (nSPS) is 21.1. The molecule has 0 spiro atoms. The van der Waals surface area contributed by atoms with Gasteiger partial charge in [-0.3, -0.25) is 9.69 Å². The number of anilines is 1. The molecule has 0 aromatic heterocycles. The molecule has 0 aliphatic carbocycles. The van der Waals surface area contributed by atoms with Crippen LogP contribution in [0.15, 0.2) is 12.1 Å². The topological polar surface area (TPSA) is 101 Å². The maximum atomic E-state index is 12.6. The van der Waals surface area contributed by atoms with Crippen LogP contribution in [-0.4, -0.2) is 56.8 Å². The van der Waals surface area contributed by atoms with Crippen LogP contribution in [0.2, 0.25) is 5.02 Å². The summed E-state index contributed by atoms with van der Waals surface area (Å²) in [6, 6.07) is 5.00. The van der Waals surface area contributed by atoms with E-state index >= 15 is 0 Å². The maximum Gasteiger partial charge on any atom is 0.255 e. The standard InChI is InChI=1S/C16H21ClN4O3/c1-23-14-8-12(19)11(17)7-10(14)16(22)20-13-3-5-21(6-4-18)9-15(13)24-2/h7-8,13,15H,3,5-6,9,19H2,1-2H3,(H,20,22)/t13-,15+/m1/s1. The molecule has 2 atom stereocenters. The largest absolute Gasteiger partial charge is 0.496 e. The SMILES string of the molecule is COc1cc(N)c(Cl)cc1C(=O)N[C@@H]1CCN(CC#N)C[C@@H]1OC. The number of ether oxygens (including phenoxy) is 2. The second kappa shape index (κ2) is 8.20. The summed E-state index contributed by atoms with van der Waals surface area (Å²) < 4.78 is 10.7. The molecule has 1 aromatic rings. The summed E-state index contributed by atoms with van der Waals surface area (Å²) in [7, 11) is 3.07. The monoisotopic (exact) mass is 352 g/mol. The van der Waals surface area contributed by atoms with Crippen molar-refractivity contribution in [3.63, 3.8) is 0 Å². The summed E-state index contributed by atoms with van der Waals surface area (Å²) in [5.41, 5.74) is 6.42. The van der Waals surface area contributed by atoms with Gasteiger partial charge in [0.1, 0.15) is 5.75 Å². The predicted octanol–water partition coefficient (Wildman–Crippen LogP) is 1.27. The lowest BCUT2D eigenvalue weighted by atomic mass is 10.0. The van der Waals surface area contributed by atoms with Crippen molar-refractivity contribution in [2.24, 2.45) is 0 Å². The van der Waals surface area contributed by atoms with Crippen molar-refractivity contribution in [2.45, 2.75) is 18.6 Å². The molecule has 1 heterocycles. The van der Waals surface area contributed by atoms with Gasteiger partial charge in [-0.2, -0.15) is 5.26 Å². The minimum atomic E-state index is -0.297. The van der Waals surface area contributed by atoms with Crippen LogP contribution in [0.5, 0.6) is 5.75 Å². The summed E-state index contributed by atoms with van der Waals surface area (Å²) in [4.78, 5) is 14.6. The van der Waals surface area contributed by atoms with Crippen molar-refractivity contribution < 1.29 is 14.3 Å². The van der Waals surface area contributed by atoms with Crippen molar-refractivity contribution in [2.75, 3.05) is 39.6 Å². The summed E-state index contributed by atoms with van der Waals surface area (Å²) in [5, 5.41) is 12.1. The van der Waals surface area contributed by atoms with Crippen LogP contribution in [0, 0.1) is 11.3 Å². The Kier molecular flexibility index (Phi) is 6.26. The molecule has 0 radical (unpaired) electrons. The fourth-order valence-electron chi connectivity index (χ4n) is 2.79. The number of carbonyl (C=O) groups excluding carboxylic acids is 1. The van der Waals surface area contributed by atoms with E-state index in [4.69, 9.17) is 32.1 Å². The third kappa shape index (κ3) is 4.09. The predicted molar refractivity (Wildman–Crippen MR) is 91.1 cm³/mol. The van der Waals surface area contributed by atoms with E-state index < -0.39 is 0 Å². The first-order chi connectivity index (χ1) is 11.5. The molecular weight excluding hydrogens is 332 g/mol. The Morgan fingerprint density at radius 1 is 1.54 bits per heavy atom. The van der Waals surface area contributed by atoms with Crippen molar-refractivity contribution in [1.29, 1.82) is 5.26 Å². The number of nitrogens with one attached hydrogen (secondary N) is 1. The molecule has 1 aliphatic rings. The van der Waals surface area contributed by atoms with Crippen LogP contribution in [0.4, 0.5) is 5.69 Å². The van der Waals surface area contributed by atoms with Crippen molar-refractivity contribution in [1.82, 2.24) is 10.2 Å². The van der Waals surface area contributed by atoms with E-state index in [-0.39, 0.29) is 18.1 Å². The number of nitrogen functional groups attached to an aromatic ring is 1. The number of methoxy groups -OCH3 is 2. The Hall–Kier alpha value is -2.01. The van der Waals surface area contributed by atoms with Gasteiger partial charge in [-0.15, -0.1) is 0 Å². The van der Waals surface area contributed by atoms with Crippen LogP contribution in [0.3, 0.4) is 0 Å². The molecule has 0 unspecified atom stereocenters. The van der Waals surface area contributed by atoms with E-state index in [1.807, 2.05) is 4.90 Å². The van der Waals surface area contributed by atoms with E-state index in [0.29, 0.717) is 41.5 Å². The highest BCUT2D eigenvalue weighted by molar-refractivity contribution is 6.33. The second-order valence-corrected chi connectivity index (χ2v) is 6.02. The van der Waals surface area contributed by atoms with Gasteiger partial charge >= 0.3 is 0 Å². The van der Waals surface area contributed by atoms with Gasteiger partial charge in [0.25, 0.3) is 5.91 Å². The second-order valence-electron chi connectivity index (χ2n) is 5.61. The van der Waals surface area contributed by atoms with Gasteiger partial charge in [-0.25, -0.2) is 0 Å². The maximum absolute atomic E-state index is 12.6. The number of benzene rings is 1. The zero-order valence-electron chi connectivity index (χ0n) is 13.7. The Labute approximate surface area is 146 Å². The zero-order valence-corrected chi connectivity index (χ0v) is 14.5. The third-order valence-corrected chi connectivity index (χ3v) is 4.45. The smallest absolute Gasteiger partial charge is 0.255 e. The highest BCUT2D eigenvalue weighted by atomic mass is 35.5. The minimum Gasteiger partial charge on any atom is -0.496 e. The fourth-order valence-corrected chi connectivity index (χ4v) is 2.95. The molecule has 1 aliphatic heterocycles. The molecule has 1 aromatic carbocycles. The average molecular weight is 353 g/mol. The van der Waals surface area contributed by atoms with E-state index in [9.17, 15) is 4.79 Å². The lowest BCUT2D eigenvalue weighted by Gasteiger charge is -2.37. The molecule has 130 valence electrons. The van der Waals surface area contributed by atoms with E-state index in [1.165, 1.54) is 19.2 Å². The van der Waals surface area contributed by atoms with Crippen molar-refractivity contribution in [3.8, 4) is 11.8 Å². The minimum absolute atomic E-state index is 0.154. The first-order valence-corrected chi connectivity index (χ1v) is 7.94.